The highest BCUT2D eigenvalue weighted by Crippen LogP contribution is 2.21. The van der Waals surface area contributed by atoms with Gasteiger partial charge in [-0.05, 0) is 26.7 Å². The lowest BCUT2D eigenvalue weighted by atomic mass is 10.2. The van der Waals surface area contributed by atoms with Gasteiger partial charge in [0.05, 0.1) is 17.4 Å². The molecule has 0 amide bonds. The zero-order valence-corrected chi connectivity index (χ0v) is 8.68. The van der Waals surface area contributed by atoms with Crippen LogP contribution in [0, 0.1) is 16.2 Å². The molecular formula is C9H16N4O. The van der Waals surface area contributed by atoms with Gasteiger partial charge >= 0.3 is 0 Å². The van der Waals surface area contributed by atoms with Gasteiger partial charge in [0.1, 0.15) is 6.17 Å². The summed E-state index contributed by atoms with van der Waals surface area (Å²) in [6.45, 7) is 5.26. The largest absolute Gasteiger partial charge is 0.266 e. The van der Waals surface area contributed by atoms with Crippen molar-refractivity contribution in [3.63, 3.8) is 0 Å². The third-order valence-corrected chi connectivity index (χ3v) is 2.78. The molecule has 1 fully saturated rings. The van der Waals surface area contributed by atoms with E-state index >= 15 is 0 Å². The highest BCUT2D eigenvalue weighted by atomic mass is 16.3. The molecule has 0 aliphatic carbocycles. The van der Waals surface area contributed by atoms with Crippen LogP contribution in [-0.4, -0.2) is 35.2 Å². The normalized spacial score (nSPS) is 24.2. The van der Waals surface area contributed by atoms with E-state index in [2.05, 4.69) is 11.4 Å². The van der Waals surface area contributed by atoms with Crippen molar-refractivity contribution in [2.45, 2.75) is 38.9 Å². The van der Waals surface area contributed by atoms with E-state index in [1.807, 2.05) is 18.7 Å². The molecule has 5 nitrogen and oxygen atoms in total. The number of hydrogen-bond acceptors (Lipinski definition) is 4. The smallest absolute Gasteiger partial charge is 0.100 e. The highest BCUT2D eigenvalue weighted by Gasteiger charge is 2.31. The van der Waals surface area contributed by atoms with E-state index in [0.29, 0.717) is 6.54 Å². The maximum absolute atomic E-state index is 10.5. The Morgan fingerprint density at radius 3 is 3.00 bits per heavy atom. The number of nitroso groups, excluding NO2 is 1. The maximum atomic E-state index is 10.5. The first-order chi connectivity index (χ1) is 6.74. The van der Waals surface area contributed by atoms with Gasteiger partial charge in [0.25, 0.3) is 0 Å². The second-order valence-corrected chi connectivity index (χ2v) is 3.49. The molecule has 1 rings (SSSR count). The van der Waals surface area contributed by atoms with Gasteiger partial charge in [0.2, 0.25) is 0 Å². The molecule has 0 aromatic heterocycles. The molecule has 1 aliphatic rings. The molecule has 78 valence electrons. The summed E-state index contributed by atoms with van der Waals surface area (Å²) in [7, 11) is 0. The van der Waals surface area contributed by atoms with Gasteiger partial charge in [0.15, 0.2) is 0 Å². The molecule has 0 spiro atoms. The van der Waals surface area contributed by atoms with Gasteiger partial charge in [-0.15, -0.1) is 4.91 Å². The van der Waals surface area contributed by atoms with Gasteiger partial charge < -0.3 is 0 Å². The molecule has 0 aromatic carbocycles. The summed E-state index contributed by atoms with van der Waals surface area (Å²) < 4.78 is 0. The van der Waals surface area contributed by atoms with Gasteiger partial charge in [-0.2, -0.15) is 5.26 Å². The van der Waals surface area contributed by atoms with Crippen molar-refractivity contribution in [2.75, 3.05) is 13.1 Å². The SMILES string of the molecule is CCN(N=O)C(C)N1CCCC1C#N. The summed E-state index contributed by atoms with van der Waals surface area (Å²) in [4.78, 5) is 12.5. The molecule has 1 aliphatic heterocycles. The van der Waals surface area contributed by atoms with Crippen LogP contribution in [0.15, 0.2) is 5.29 Å². The van der Waals surface area contributed by atoms with E-state index in [0.717, 1.165) is 19.4 Å². The average molecular weight is 196 g/mol. The number of hydrogen-bond donors (Lipinski definition) is 0. The van der Waals surface area contributed by atoms with Crippen LogP contribution in [0.3, 0.4) is 0 Å². The van der Waals surface area contributed by atoms with Crippen molar-refractivity contribution in [1.82, 2.24) is 9.91 Å². The third kappa shape index (κ3) is 2.02. The van der Waals surface area contributed by atoms with Gasteiger partial charge in [-0.25, -0.2) is 5.01 Å². The summed E-state index contributed by atoms with van der Waals surface area (Å²) >= 11 is 0. The maximum Gasteiger partial charge on any atom is 0.100 e. The van der Waals surface area contributed by atoms with Gasteiger partial charge in [-0.1, -0.05) is 0 Å². The number of rotatable bonds is 4. The van der Waals surface area contributed by atoms with Gasteiger partial charge in [-0.3, -0.25) is 4.90 Å². The van der Waals surface area contributed by atoms with Crippen LogP contribution in [0.25, 0.3) is 0 Å². The minimum Gasteiger partial charge on any atom is -0.266 e. The molecule has 0 aromatic rings. The van der Waals surface area contributed by atoms with Crippen molar-refractivity contribution >= 4 is 0 Å². The molecule has 1 heterocycles. The van der Waals surface area contributed by atoms with E-state index in [-0.39, 0.29) is 12.2 Å². The third-order valence-electron chi connectivity index (χ3n) is 2.78. The first kappa shape index (κ1) is 10.9. The predicted molar refractivity (Wildman–Crippen MR) is 53.0 cm³/mol. The van der Waals surface area contributed by atoms with Crippen LogP contribution in [-0.2, 0) is 0 Å². The summed E-state index contributed by atoms with van der Waals surface area (Å²) in [5.74, 6) is 0. The lowest BCUT2D eigenvalue weighted by molar-refractivity contribution is 0.0634. The number of nitriles is 1. The van der Waals surface area contributed by atoms with Crippen LogP contribution in [0.4, 0.5) is 0 Å². The van der Waals surface area contributed by atoms with E-state index in [1.54, 1.807) is 0 Å². The Balaban J connectivity index is 2.63. The lowest BCUT2D eigenvalue weighted by Gasteiger charge is -2.31. The van der Waals surface area contributed by atoms with E-state index in [4.69, 9.17) is 5.26 Å². The lowest BCUT2D eigenvalue weighted by Crippen LogP contribution is -2.45. The number of nitrogens with zero attached hydrogens (tertiary/aromatic N) is 4. The van der Waals surface area contributed by atoms with Crippen LogP contribution >= 0.6 is 0 Å². The van der Waals surface area contributed by atoms with Crippen molar-refractivity contribution in [2.24, 2.45) is 5.29 Å². The van der Waals surface area contributed by atoms with Crippen LogP contribution in [0.1, 0.15) is 26.7 Å². The van der Waals surface area contributed by atoms with Crippen molar-refractivity contribution < 1.29 is 0 Å². The predicted octanol–water partition coefficient (Wildman–Crippen LogP) is 1.32. The van der Waals surface area contributed by atoms with E-state index < -0.39 is 0 Å². The second-order valence-electron chi connectivity index (χ2n) is 3.49. The molecule has 5 heteroatoms. The van der Waals surface area contributed by atoms with Crippen molar-refractivity contribution in [1.29, 1.82) is 5.26 Å². The Morgan fingerprint density at radius 2 is 2.50 bits per heavy atom. The van der Waals surface area contributed by atoms with Gasteiger partial charge in [0, 0.05) is 13.1 Å². The molecule has 2 atom stereocenters. The first-order valence-electron chi connectivity index (χ1n) is 4.99. The first-order valence-corrected chi connectivity index (χ1v) is 4.99. The topological polar surface area (TPSA) is 59.7 Å². The Bertz CT molecular complexity index is 237. The summed E-state index contributed by atoms with van der Waals surface area (Å²) in [6, 6.07) is 2.20. The molecule has 1 saturated heterocycles. The Labute approximate surface area is 84.2 Å². The fourth-order valence-corrected chi connectivity index (χ4v) is 1.94. The Hall–Kier alpha value is -1.15. The van der Waals surface area contributed by atoms with Crippen LogP contribution in [0.5, 0.6) is 0 Å². The summed E-state index contributed by atoms with van der Waals surface area (Å²) in [6.07, 6.45) is 1.86. The fourth-order valence-electron chi connectivity index (χ4n) is 1.94. The minimum atomic E-state index is -0.0651. The second kappa shape index (κ2) is 4.91. The molecule has 0 N–H and O–H groups in total. The monoisotopic (exact) mass is 196 g/mol. The van der Waals surface area contributed by atoms with E-state index in [9.17, 15) is 4.91 Å². The fraction of sp³-hybridized carbons (Fsp3) is 0.889. The molecule has 14 heavy (non-hydrogen) atoms. The molecule has 0 radical (unpaired) electrons. The number of likely N-dealkylation sites (tertiary alicyclic amines) is 1. The van der Waals surface area contributed by atoms with Crippen molar-refractivity contribution in [3.05, 3.63) is 4.91 Å². The molecular weight excluding hydrogens is 180 g/mol. The zero-order chi connectivity index (χ0) is 10.6. The summed E-state index contributed by atoms with van der Waals surface area (Å²) in [5.41, 5.74) is 0. The summed E-state index contributed by atoms with van der Waals surface area (Å²) in [5, 5.41) is 13.3. The Kier molecular flexibility index (Phi) is 3.84. The zero-order valence-electron chi connectivity index (χ0n) is 8.68. The quantitative estimate of drug-likeness (QED) is 0.502. The van der Waals surface area contributed by atoms with Crippen molar-refractivity contribution in [3.8, 4) is 6.07 Å². The molecule has 0 saturated carbocycles. The highest BCUT2D eigenvalue weighted by molar-refractivity contribution is 4.97. The Morgan fingerprint density at radius 1 is 1.79 bits per heavy atom. The molecule has 2 unspecified atom stereocenters. The molecule has 0 bridgehead atoms. The standard InChI is InChI=1S/C9H16N4O/c1-3-13(11-14)8(2)12-6-4-5-9(12)7-10/h8-9H,3-6H2,1-2H3. The average Bonchev–Trinajstić information content (AvgIpc) is 2.67. The van der Waals surface area contributed by atoms with Crippen LogP contribution < -0.4 is 0 Å². The van der Waals surface area contributed by atoms with Crippen LogP contribution in [0.2, 0.25) is 0 Å². The van der Waals surface area contributed by atoms with E-state index in [1.165, 1.54) is 5.01 Å². The minimum absolute atomic E-state index is 0.0548.